The zero-order chi connectivity index (χ0) is 17.8. The largest absolute Gasteiger partial charge is 0.325 e. The Morgan fingerprint density at radius 2 is 1.96 bits per heavy atom. The van der Waals surface area contributed by atoms with E-state index in [4.69, 9.17) is 0 Å². The molecule has 2 aromatic carbocycles. The molecule has 0 aromatic heterocycles. The predicted octanol–water partition coefficient (Wildman–Crippen LogP) is 3.57. The number of nitrogens with zero attached hydrogens (tertiary/aromatic N) is 1. The fourth-order valence-electron chi connectivity index (χ4n) is 4.04. The highest BCUT2D eigenvalue weighted by atomic mass is 19.2. The second-order valence-electron chi connectivity index (χ2n) is 6.58. The Hall–Kier alpha value is -2.76. The molecular formula is C19H16F2N2O2. The summed E-state index contributed by atoms with van der Waals surface area (Å²) < 4.78 is 28.9. The van der Waals surface area contributed by atoms with Crippen molar-refractivity contribution in [1.82, 2.24) is 5.12 Å². The fourth-order valence-corrected chi connectivity index (χ4v) is 4.04. The van der Waals surface area contributed by atoms with Crippen molar-refractivity contribution in [2.75, 3.05) is 5.32 Å². The number of carbonyl (C=O) groups excluding carboxylic acids is 2. The summed E-state index contributed by atoms with van der Waals surface area (Å²) in [5.41, 5.74) is 0.915. The minimum atomic E-state index is -1.27. The molecule has 2 aromatic rings. The van der Waals surface area contributed by atoms with E-state index in [2.05, 4.69) is 5.32 Å². The zero-order valence-electron chi connectivity index (χ0n) is 13.6. The summed E-state index contributed by atoms with van der Waals surface area (Å²) in [6.07, 6.45) is 0.0961. The SMILES string of the molecule is Cc1ccc(F)cc1C1N(F)C(=O)CCC12C(=O)Nc1ccccc12. The highest BCUT2D eigenvalue weighted by Gasteiger charge is 2.59. The molecule has 2 aliphatic heterocycles. The number of amides is 2. The van der Waals surface area contributed by atoms with Gasteiger partial charge in [0.15, 0.2) is 0 Å². The molecule has 2 aliphatic rings. The number of benzene rings is 2. The number of para-hydroxylation sites is 1. The van der Waals surface area contributed by atoms with E-state index in [9.17, 15) is 18.5 Å². The van der Waals surface area contributed by atoms with Crippen molar-refractivity contribution in [2.24, 2.45) is 0 Å². The lowest BCUT2D eigenvalue weighted by Gasteiger charge is -2.43. The van der Waals surface area contributed by atoms with E-state index in [1.54, 1.807) is 31.2 Å². The third-order valence-electron chi connectivity index (χ3n) is 5.26. The number of rotatable bonds is 1. The average Bonchev–Trinajstić information content (AvgIpc) is 2.87. The van der Waals surface area contributed by atoms with Crippen molar-refractivity contribution in [3.8, 4) is 0 Å². The van der Waals surface area contributed by atoms with Crippen molar-refractivity contribution in [3.05, 3.63) is 65.0 Å². The van der Waals surface area contributed by atoms with Crippen LogP contribution >= 0.6 is 0 Å². The first kappa shape index (κ1) is 15.7. The number of carbonyl (C=O) groups is 2. The molecule has 2 atom stereocenters. The highest BCUT2D eigenvalue weighted by Crippen LogP contribution is 2.54. The zero-order valence-corrected chi connectivity index (χ0v) is 13.6. The molecular weight excluding hydrogens is 326 g/mol. The summed E-state index contributed by atoms with van der Waals surface area (Å²) in [5, 5.41) is 2.89. The minimum Gasteiger partial charge on any atom is -0.325 e. The molecule has 2 amide bonds. The van der Waals surface area contributed by atoms with Gasteiger partial charge in [-0.25, -0.2) is 4.39 Å². The van der Waals surface area contributed by atoms with Crippen molar-refractivity contribution in [3.63, 3.8) is 0 Å². The van der Waals surface area contributed by atoms with Crippen molar-refractivity contribution < 1.29 is 18.5 Å². The second-order valence-corrected chi connectivity index (χ2v) is 6.58. The number of nitrogens with one attached hydrogen (secondary N) is 1. The summed E-state index contributed by atoms with van der Waals surface area (Å²) in [7, 11) is 0. The van der Waals surface area contributed by atoms with Crippen LogP contribution in [0.4, 0.5) is 14.6 Å². The standard InChI is InChI=1S/C19H16F2N2O2/c1-11-6-7-12(20)10-13(11)17-19(9-8-16(24)23(17)21)14-4-2-3-5-15(14)22-18(19)25/h2-7,10,17H,8-9H2,1H3,(H,22,25). The molecule has 4 rings (SSSR count). The van der Waals surface area contributed by atoms with Gasteiger partial charge in [-0.05, 0) is 48.2 Å². The van der Waals surface area contributed by atoms with Gasteiger partial charge in [0.1, 0.15) is 17.3 Å². The Labute approximate surface area is 143 Å². The number of hydrogen-bond donors (Lipinski definition) is 1. The molecule has 0 aliphatic carbocycles. The first-order chi connectivity index (χ1) is 11.9. The number of piperidine rings is 1. The Bertz CT molecular complexity index is 899. The van der Waals surface area contributed by atoms with Crippen LogP contribution in [0.2, 0.25) is 0 Å². The Morgan fingerprint density at radius 3 is 2.76 bits per heavy atom. The van der Waals surface area contributed by atoms with Crippen LogP contribution in [-0.4, -0.2) is 16.9 Å². The van der Waals surface area contributed by atoms with Crippen molar-refractivity contribution in [2.45, 2.75) is 31.2 Å². The first-order valence-corrected chi connectivity index (χ1v) is 8.10. The fraction of sp³-hybridized carbons (Fsp3) is 0.263. The summed E-state index contributed by atoms with van der Waals surface area (Å²) in [6.45, 7) is 1.72. The molecule has 1 N–H and O–H groups in total. The molecule has 2 unspecified atom stereocenters. The minimum absolute atomic E-state index is 0.0802. The normalized spacial score (nSPS) is 25.2. The van der Waals surface area contributed by atoms with Crippen molar-refractivity contribution in [1.29, 1.82) is 0 Å². The summed E-state index contributed by atoms with van der Waals surface area (Å²) >= 11 is 0. The number of anilines is 1. The second kappa shape index (κ2) is 5.37. The van der Waals surface area contributed by atoms with Gasteiger partial charge in [-0.15, -0.1) is 0 Å². The number of fused-ring (bicyclic) bond motifs is 2. The monoisotopic (exact) mass is 342 g/mol. The van der Waals surface area contributed by atoms with E-state index in [0.717, 1.165) is 0 Å². The Morgan fingerprint density at radius 1 is 1.20 bits per heavy atom. The van der Waals surface area contributed by atoms with Gasteiger partial charge in [0.05, 0.1) is 0 Å². The van der Waals surface area contributed by atoms with Gasteiger partial charge in [-0.1, -0.05) is 28.7 Å². The summed E-state index contributed by atoms with van der Waals surface area (Å²) in [4.78, 5) is 25.0. The third-order valence-corrected chi connectivity index (χ3v) is 5.26. The molecule has 128 valence electrons. The van der Waals surface area contributed by atoms with E-state index in [1.807, 2.05) is 0 Å². The third kappa shape index (κ3) is 2.10. The maximum absolute atomic E-state index is 15.0. The van der Waals surface area contributed by atoms with E-state index in [-0.39, 0.29) is 23.9 Å². The molecule has 0 bridgehead atoms. The quantitative estimate of drug-likeness (QED) is 0.806. The number of aryl methyl sites for hydroxylation is 1. The lowest BCUT2D eigenvalue weighted by molar-refractivity contribution is -0.166. The van der Waals surface area contributed by atoms with Gasteiger partial charge >= 0.3 is 0 Å². The van der Waals surface area contributed by atoms with Crippen LogP contribution in [-0.2, 0) is 15.0 Å². The van der Waals surface area contributed by atoms with Gasteiger partial charge in [-0.2, -0.15) is 5.12 Å². The molecule has 4 nitrogen and oxygen atoms in total. The highest BCUT2D eigenvalue weighted by molar-refractivity contribution is 6.08. The van der Waals surface area contributed by atoms with Gasteiger partial charge in [0.25, 0.3) is 5.91 Å². The molecule has 2 heterocycles. The van der Waals surface area contributed by atoms with Crippen LogP contribution < -0.4 is 5.32 Å². The average molecular weight is 342 g/mol. The van der Waals surface area contributed by atoms with E-state index >= 15 is 0 Å². The molecule has 1 spiro atoms. The van der Waals surface area contributed by atoms with Gasteiger partial charge in [0, 0.05) is 12.1 Å². The van der Waals surface area contributed by atoms with E-state index in [0.29, 0.717) is 22.4 Å². The van der Waals surface area contributed by atoms with Crippen LogP contribution in [0.1, 0.15) is 35.6 Å². The maximum atomic E-state index is 15.0. The lowest BCUT2D eigenvalue weighted by atomic mass is 9.67. The first-order valence-electron chi connectivity index (χ1n) is 8.10. The number of halogens is 2. The van der Waals surface area contributed by atoms with E-state index < -0.39 is 23.2 Å². The van der Waals surface area contributed by atoms with Crippen LogP contribution in [0.5, 0.6) is 0 Å². The van der Waals surface area contributed by atoms with Crippen LogP contribution in [0.3, 0.4) is 0 Å². The Balaban J connectivity index is 1.99. The Kier molecular flexibility index (Phi) is 3.39. The van der Waals surface area contributed by atoms with Gasteiger partial charge < -0.3 is 5.32 Å². The van der Waals surface area contributed by atoms with Gasteiger partial charge in [0.2, 0.25) is 5.91 Å². The smallest absolute Gasteiger partial charge is 0.250 e. The summed E-state index contributed by atoms with van der Waals surface area (Å²) in [6, 6.07) is 9.88. The molecule has 25 heavy (non-hydrogen) atoms. The number of hydrogen-bond acceptors (Lipinski definition) is 2. The molecule has 6 heteroatoms. The summed E-state index contributed by atoms with van der Waals surface area (Å²) in [5.74, 6) is -1.59. The molecule has 0 saturated carbocycles. The van der Waals surface area contributed by atoms with Crippen molar-refractivity contribution >= 4 is 17.5 Å². The van der Waals surface area contributed by atoms with Crippen LogP contribution in [0.25, 0.3) is 0 Å². The molecule has 0 radical (unpaired) electrons. The predicted molar refractivity (Wildman–Crippen MR) is 87.8 cm³/mol. The molecule has 1 fully saturated rings. The van der Waals surface area contributed by atoms with Crippen LogP contribution in [0.15, 0.2) is 42.5 Å². The van der Waals surface area contributed by atoms with Gasteiger partial charge in [-0.3, -0.25) is 9.59 Å². The van der Waals surface area contributed by atoms with E-state index in [1.165, 1.54) is 18.2 Å². The lowest BCUT2D eigenvalue weighted by Crippen LogP contribution is -2.52. The topological polar surface area (TPSA) is 49.4 Å². The van der Waals surface area contributed by atoms with Crippen LogP contribution in [0, 0.1) is 12.7 Å². The molecule has 1 saturated heterocycles. The maximum Gasteiger partial charge on any atom is 0.250 e.